The van der Waals surface area contributed by atoms with Crippen molar-refractivity contribution in [2.24, 2.45) is 5.41 Å². The van der Waals surface area contributed by atoms with E-state index in [1.165, 1.54) is 4.57 Å². The van der Waals surface area contributed by atoms with Crippen LogP contribution in [0.2, 0.25) is 0 Å². The van der Waals surface area contributed by atoms with E-state index in [0.29, 0.717) is 10.9 Å². The van der Waals surface area contributed by atoms with Gasteiger partial charge in [-0.25, -0.2) is 4.79 Å². The number of benzene rings is 1. The fraction of sp³-hybridized carbons (Fsp3) is 0.381. The highest BCUT2D eigenvalue weighted by Crippen LogP contribution is 2.35. The quantitative estimate of drug-likeness (QED) is 0.716. The van der Waals surface area contributed by atoms with Gasteiger partial charge in [0.25, 0.3) is 5.56 Å². The maximum absolute atomic E-state index is 12.9. The Bertz CT molecular complexity index is 1100. The van der Waals surface area contributed by atoms with Crippen LogP contribution in [0.1, 0.15) is 38.6 Å². The molecule has 0 fully saturated rings. The predicted molar refractivity (Wildman–Crippen MR) is 113 cm³/mol. The van der Waals surface area contributed by atoms with E-state index in [-0.39, 0.29) is 36.0 Å². The SMILES string of the molecule is CCn1c(=O)c2ccccc2n(CC(=O)NC(c2cccs2)C(C)(C)C)c1=O. The Labute approximate surface area is 167 Å². The van der Waals surface area contributed by atoms with E-state index in [9.17, 15) is 14.4 Å². The highest BCUT2D eigenvalue weighted by molar-refractivity contribution is 7.10. The smallest absolute Gasteiger partial charge is 0.331 e. The van der Waals surface area contributed by atoms with Crippen LogP contribution in [0.15, 0.2) is 51.4 Å². The second-order valence-corrected chi connectivity index (χ2v) is 8.80. The zero-order valence-electron chi connectivity index (χ0n) is 16.6. The van der Waals surface area contributed by atoms with Gasteiger partial charge in [0.15, 0.2) is 0 Å². The number of amides is 1. The van der Waals surface area contributed by atoms with Crippen LogP contribution in [0.25, 0.3) is 10.9 Å². The van der Waals surface area contributed by atoms with Crippen LogP contribution in [0, 0.1) is 5.41 Å². The summed E-state index contributed by atoms with van der Waals surface area (Å²) in [6.07, 6.45) is 0. The number of fused-ring (bicyclic) bond motifs is 1. The number of rotatable bonds is 5. The number of hydrogen-bond donors (Lipinski definition) is 1. The first kappa shape index (κ1) is 20.1. The molecule has 1 amide bonds. The average molecular weight is 400 g/mol. The van der Waals surface area contributed by atoms with Gasteiger partial charge in [-0.3, -0.25) is 18.7 Å². The fourth-order valence-corrected chi connectivity index (χ4v) is 4.34. The van der Waals surface area contributed by atoms with E-state index in [0.717, 1.165) is 9.44 Å². The minimum absolute atomic E-state index is 0.141. The fourth-order valence-electron chi connectivity index (χ4n) is 3.32. The number of nitrogens with zero attached hydrogens (tertiary/aromatic N) is 2. The van der Waals surface area contributed by atoms with Gasteiger partial charge in [-0.15, -0.1) is 11.3 Å². The van der Waals surface area contributed by atoms with Gasteiger partial charge in [-0.2, -0.15) is 0 Å². The molecule has 2 aromatic heterocycles. The number of nitrogens with one attached hydrogen (secondary N) is 1. The van der Waals surface area contributed by atoms with Crippen LogP contribution >= 0.6 is 11.3 Å². The third-order valence-electron chi connectivity index (χ3n) is 4.75. The van der Waals surface area contributed by atoms with Crippen molar-refractivity contribution in [3.8, 4) is 0 Å². The van der Waals surface area contributed by atoms with Gasteiger partial charge in [0, 0.05) is 11.4 Å². The number of para-hydroxylation sites is 1. The van der Waals surface area contributed by atoms with Gasteiger partial charge < -0.3 is 5.32 Å². The monoisotopic (exact) mass is 399 g/mol. The zero-order valence-corrected chi connectivity index (χ0v) is 17.4. The Morgan fingerprint density at radius 2 is 1.82 bits per heavy atom. The molecule has 0 saturated heterocycles. The molecule has 0 aliphatic rings. The summed E-state index contributed by atoms with van der Waals surface area (Å²) in [5, 5.41) is 5.49. The lowest BCUT2D eigenvalue weighted by Gasteiger charge is -2.31. The summed E-state index contributed by atoms with van der Waals surface area (Å²) < 4.78 is 2.54. The van der Waals surface area contributed by atoms with Gasteiger partial charge in [0.05, 0.1) is 16.9 Å². The van der Waals surface area contributed by atoms with Crippen molar-refractivity contribution in [2.75, 3.05) is 0 Å². The van der Waals surface area contributed by atoms with Gasteiger partial charge >= 0.3 is 5.69 Å². The van der Waals surface area contributed by atoms with Gasteiger partial charge in [-0.05, 0) is 35.9 Å². The van der Waals surface area contributed by atoms with Crippen LogP contribution in [0.5, 0.6) is 0 Å². The third-order valence-corrected chi connectivity index (χ3v) is 5.69. The highest BCUT2D eigenvalue weighted by Gasteiger charge is 2.29. The van der Waals surface area contributed by atoms with E-state index in [4.69, 9.17) is 0 Å². The summed E-state index contributed by atoms with van der Waals surface area (Å²) in [5.41, 5.74) is -0.507. The highest BCUT2D eigenvalue weighted by atomic mass is 32.1. The van der Waals surface area contributed by atoms with Crippen LogP contribution in [0.4, 0.5) is 0 Å². The second kappa shape index (κ2) is 7.75. The molecule has 1 aromatic carbocycles. The van der Waals surface area contributed by atoms with Crippen molar-refractivity contribution in [3.63, 3.8) is 0 Å². The van der Waals surface area contributed by atoms with Crippen LogP contribution in [-0.4, -0.2) is 15.0 Å². The molecule has 1 unspecified atom stereocenters. The number of carbonyl (C=O) groups excluding carboxylic acids is 1. The van der Waals surface area contributed by atoms with Crippen LogP contribution < -0.4 is 16.6 Å². The molecule has 1 N–H and O–H groups in total. The molecule has 0 spiro atoms. The first-order valence-corrected chi connectivity index (χ1v) is 10.2. The predicted octanol–water partition coefficient (Wildman–Crippen LogP) is 3.15. The average Bonchev–Trinajstić information content (AvgIpc) is 3.17. The summed E-state index contributed by atoms with van der Waals surface area (Å²) in [6, 6.07) is 10.7. The van der Waals surface area contributed by atoms with Crippen LogP contribution in [-0.2, 0) is 17.9 Å². The van der Waals surface area contributed by atoms with Crippen molar-refractivity contribution in [3.05, 3.63) is 67.5 Å². The summed E-state index contributed by atoms with van der Waals surface area (Å²) in [4.78, 5) is 39.3. The lowest BCUT2D eigenvalue weighted by Crippen LogP contribution is -2.44. The molecule has 0 aliphatic carbocycles. The topological polar surface area (TPSA) is 73.1 Å². The van der Waals surface area contributed by atoms with Gasteiger partial charge in [0.1, 0.15) is 6.54 Å². The first-order valence-electron chi connectivity index (χ1n) is 9.29. The van der Waals surface area contributed by atoms with E-state index >= 15 is 0 Å². The number of hydrogen-bond acceptors (Lipinski definition) is 4. The largest absolute Gasteiger partial charge is 0.346 e. The Balaban J connectivity index is 2.00. The van der Waals surface area contributed by atoms with Gasteiger partial charge in [0.2, 0.25) is 5.91 Å². The van der Waals surface area contributed by atoms with Crippen molar-refractivity contribution in [1.29, 1.82) is 0 Å². The van der Waals surface area contributed by atoms with E-state index < -0.39 is 5.69 Å². The zero-order chi connectivity index (χ0) is 20.5. The number of thiophene rings is 1. The van der Waals surface area contributed by atoms with Gasteiger partial charge in [-0.1, -0.05) is 39.0 Å². The van der Waals surface area contributed by atoms with Crippen LogP contribution in [0.3, 0.4) is 0 Å². The molecule has 6 nitrogen and oxygen atoms in total. The maximum Gasteiger partial charge on any atom is 0.331 e. The van der Waals surface area contributed by atoms with E-state index in [2.05, 4.69) is 26.1 Å². The molecule has 0 bridgehead atoms. The molecule has 1 atom stereocenters. The molecule has 2 heterocycles. The number of carbonyl (C=O) groups is 1. The normalized spacial score (nSPS) is 12.9. The maximum atomic E-state index is 12.9. The Morgan fingerprint density at radius 1 is 1.11 bits per heavy atom. The summed E-state index contributed by atoms with van der Waals surface area (Å²) >= 11 is 1.59. The molecule has 3 rings (SSSR count). The minimum atomic E-state index is -0.468. The Kier molecular flexibility index (Phi) is 5.56. The molecule has 0 radical (unpaired) electrons. The lowest BCUT2D eigenvalue weighted by molar-refractivity contribution is -0.123. The Hall–Kier alpha value is -2.67. The van der Waals surface area contributed by atoms with Crippen molar-refractivity contribution < 1.29 is 4.79 Å². The molecule has 7 heteroatoms. The first-order chi connectivity index (χ1) is 13.2. The molecular weight excluding hydrogens is 374 g/mol. The molecule has 3 aromatic rings. The standard InChI is InChI=1S/C21H25N3O3S/c1-5-23-19(26)14-9-6-7-10-15(14)24(20(23)27)13-17(25)22-18(21(2,3)4)16-11-8-12-28-16/h6-12,18H,5,13H2,1-4H3,(H,22,25). The summed E-state index contributed by atoms with van der Waals surface area (Å²) in [5.74, 6) is -0.262. The molecule has 0 saturated carbocycles. The molecular formula is C21H25N3O3S. The molecule has 28 heavy (non-hydrogen) atoms. The second-order valence-electron chi connectivity index (χ2n) is 7.82. The lowest BCUT2D eigenvalue weighted by atomic mass is 9.85. The van der Waals surface area contributed by atoms with Crippen molar-refractivity contribution in [2.45, 2.75) is 46.8 Å². The molecule has 148 valence electrons. The van der Waals surface area contributed by atoms with Crippen molar-refractivity contribution >= 4 is 28.1 Å². The summed E-state index contributed by atoms with van der Waals surface area (Å²) in [7, 11) is 0. The van der Waals surface area contributed by atoms with E-state index in [1.54, 1.807) is 42.5 Å². The van der Waals surface area contributed by atoms with E-state index in [1.807, 2.05) is 17.5 Å². The summed E-state index contributed by atoms with van der Waals surface area (Å²) in [6.45, 7) is 8.05. The Morgan fingerprint density at radius 3 is 2.43 bits per heavy atom. The number of aromatic nitrogens is 2. The minimum Gasteiger partial charge on any atom is -0.346 e. The molecule has 0 aliphatic heterocycles. The third kappa shape index (κ3) is 3.80. The van der Waals surface area contributed by atoms with Crippen molar-refractivity contribution in [1.82, 2.24) is 14.5 Å².